The topological polar surface area (TPSA) is 29.3 Å². The van der Waals surface area contributed by atoms with Gasteiger partial charge in [-0.2, -0.15) is 0 Å². The van der Waals surface area contributed by atoms with Crippen molar-refractivity contribution in [3.05, 3.63) is 22.2 Å². The van der Waals surface area contributed by atoms with Gasteiger partial charge >= 0.3 is 0 Å². The van der Waals surface area contributed by atoms with E-state index >= 15 is 0 Å². The van der Waals surface area contributed by atoms with Crippen LogP contribution in [0, 0.1) is 0 Å². The maximum Gasteiger partial charge on any atom is 0.0746 e. The van der Waals surface area contributed by atoms with Gasteiger partial charge in [0.1, 0.15) is 0 Å². The molecule has 1 fully saturated rings. The van der Waals surface area contributed by atoms with Gasteiger partial charge in [0.15, 0.2) is 0 Å². The Labute approximate surface area is 119 Å². The van der Waals surface area contributed by atoms with Gasteiger partial charge in [0.25, 0.3) is 0 Å². The van der Waals surface area contributed by atoms with Gasteiger partial charge in [-0.3, -0.25) is 0 Å². The van der Waals surface area contributed by atoms with Crippen LogP contribution in [0.15, 0.2) is 12.1 Å². The summed E-state index contributed by atoms with van der Waals surface area (Å²) in [6.45, 7) is 0. The predicted octanol–water partition coefficient (Wildman–Crippen LogP) is 4.73. The third kappa shape index (κ3) is 3.04. The summed E-state index contributed by atoms with van der Waals surface area (Å²) in [4.78, 5) is 2.23. The largest absolute Gasteiger partial charge is 0.399 e. The smallest absolute Gasteiger partial charge is 0.0746 e. The molecule has 100 valence electrons. The molecular weight excluding hydrogens is 267 g/mol. The molecule has 0 amide bonds. The van der Waals surface area contributed by atoms with Crippen molar-refractivity contribution in [1.82, 2.24) is 0 Å². The molecule has 0 bridgehead atoms. The zero-order valence-corrected chi connectivity index (χ0v) is 12.3. The van der Waals surface area contributed by atoms with Crippen LogP contribution in [-0.4, -0.2) is 13.1 Å². The third-order valence-electron chi connectivity index (χ3n) is 3.76. The van der Waals surface area contributed by atoms with Gasteiger partial charge < -0.3 is 10.6 Å². The Balaban J connectivity index is 2.24. The van der Waals surface area contributed by atoms with E-state index in [2.05, 4.69) is 11.9 Å². The summed E-state index contributed by atoms with van der Waals surface area (Å²) in [5.74, 6) is 0. The van der Waals surface area contributed by atoms with Crippen LogP contribution in [0.4, 0.5) is 11.4 Å². The highest BCUT2D eigenvalue weighted by atomic mass is 35.5. The molecule has 1 saturated carbocycles. The van der Waals surface area contributed by atoms with E-state index in [4.69, 9.17) is 28.9 Å². The van der Waals surface area contributed by atoms with E-state index in [0.717, 1.165) is 5.69 Å². The van der Waals surface area contributed by atoms with Crippen LogP contribution in [0.2, 0.25) is 10.0 Å². The molecule has 1 aromatic carbocycles. The van der Waals surface area contributed by atoms with E-state index in [-0.39, 0.29) is 0 Å². The summed E-state index contributed by atoms with van der Waals surface area (Å²) in [5, 5.41) is 1.29. The molecule has 1 aliphatic rings. The molecule has 0 aromatic heterocycles. The normalized spacial score (nSPS) is 17.5. The van der Waals surface area contributed by atoms with E-state index in [1.165, 1.54) is 38.5 Å². The van der Waals surface area contributed by atoms with Gasteiger partial charge in [-0.25, -0.2) is 0 Å². The molecule has 2 N–H and O–H groups in total. The minimum atomic E-state index is 0.533. The number of hydrogen-bond acceptors (Lipinski definition) is 2. The first-order valence-corrected chi connectivity index (χ1v) is 7.32. The predicted molar refractivity (Wildman–Crippen MR) is 80.8 cm³/mol. The van der Waals surface area contributed by atoms with Crippen molar-refractivity contribution in [2.24, 2.45) is 0 Å². The molecule has 0 radical (unpaired) electrons. The van der Waals surface area contributed by atoms with Crippen molar-refractivity contribution in [3.8, 4) is 0 Å². The number of anilines is 2. The molecule has 0 aliphatic heterocycles. The first kappa shape index (κ1) is 13.8. The summed E-state index contributed by atoms with van der Waals surface area (Å²) in [7, 11) is 2.08. The highest BCUT2D eigenvalue weighted by molar-refractivity contribution is 6.39. The summed E-state index contributed by atoms with van der Waals surface area (Å²) >= 11 is 12.6. The lowest BCUT2D eigenvalue weighted by Gasteiger charge is -2.31. The molecule has 0 unspecified atom stereocenters. The molecule has 4 heteroatoms. The van der Waals surface area contributed by atoms with Crippen molar-refractivity contribution in [2.45, 2.75) is 44.6 Å². The summed E-state index contributed by atoms with van der Waals surface area (Å²) in [6.07, 6.45) is 7.70. The average Bonchev–Trinajstić information content (AvgIpc) is 2.55. The fraction of sp³-hybridized carbons (Fsp3) is 0.571. The standard InChI is InChI=1S/C14H20Cl2N2/c1-18(11-6-4-2-3-5-7-11)14-12(15)8-10(17)9-13(14)16/h8-9,11H,2-7,17H2,1H3. The van der Waals surface area contributed by atoms with Gasteiger partial charge in [0.2, 0.25) is 0 Å². The molecule has 0 atom stereocenters. The maximum atomic E-state index is 6.28. The van der Waals surface area contributed by atoms with Crippen LogP contribution in [0.25, 0.3) is 0 Å². The van der Waals surface area contributed by atoms with Crippen LogP contribution in [0.5, 0.6) is 0 Å². The third-order valence-corrected chi connectivity index (χ3v) is 4.34. The fourth-order valence-corrected chi connectivity index (χ4v) is 3.52. The van der Waals surface area contributed by atoms with Crippen LogP contribution in [0.3, 0.4) is 0 Å². The molecule has 0 spiro atoms. The number of benzene rings is 1. The Morgan fingerprint density at radius 1 is 1.06 bits per heavy atom. The van der Waals surface area contributed by atoms with Gasteiger partial charge in [0, 0.05) is 18.8 Å². The van der Waals surface area contributed by atoms with Gasteiger partial charge in [0.05, 0.1) is 15.7 Å². The zero-order chi connectivity index (χ0) is 13.1. The lowest BCUT2D eigenvalue weighted by atomic mass is 10.1. The van der Waals surface area contributed by atoms with E-state index < -0.39 is 0 Å². The Morgan fingerprint density at radius 2 is 1.56 bits per heavy atom. The van der Waals surface area contributed by atoms with E-state index in [0.29, 0.717) is 21.8 Å². The van der Waals surface area contributed by atoms with Crippen LogP contribution < -0.4 is 10.6 Å². The summed E-state index contributed by atoms with van der Waals surface area (Å²) < 4.78 is 0. The second-order valence-electron chi connectivity index (χ2n) is 5.09. The summed E-state index contributed by atoms with van der Waals surface area (Å²) in [6, 6.07) is 4.08. The fourth-order valence-electron chi connectivity index (χ4n) is 2.75. The molecule has 2 nitrogen and oxygen atoms in total. The number of rotatable bonds is 2. The molecule has 0 saturated heterocycles. The first-order chi connectivity index (χ1) is 8.59. The second kappa shape index (κ2) is 6.03. The van der Waals surface area contributed by atoms with Crippen LogP contribution in [0.1, 0.15) is 38.5 Å². The van der Waals surface area contributed by atoms with Crippen LogP contribution >= 0.6 is 23.2 Å². The molecule has 2 rings (SSSR count). The zero-order valence-electron chi connectivity index (χ0n) is 10.8. The Bertz CT molecular complexity index is 389. The first-order valence-electron chi connectivity index (χ1n) is 6.57. The van der Waals surface area contributed by atoms with Crippen molar-refractivity contribution in [3.63, 3.8) is 0 Å². The number of nitrogens with zero attached hydrogens (tertiary/aromatic N) is 1. The Kier molecular flexibility index (Phi) is 4.63. The lowest BCUT2D eigenvalue weighted by molar-refractivity contribution is 0.553. The van der Waals surface area contributed by atoms with Crippen molar-refractivity contribution >= 4 is 34.6 Å². The quantitative estimate of drug-likeness (QED) is 0.629. The highest BCUT2D eigenvalue weighted by Crippen LogP contribution is 2.38. The van der Waals surface area contributed by atoms with Crippen molar-refractivity contribution in [1.29, 1.82) is 0 Å². The lowest BCUT2D eigenvalue weighted by Crippen LogP contribution is -2.31. The number of nitrogen functional groups attached to an aromatic ring is 1. The van der Waals surface area contributed by atoms with E-state index in [1.807, 2.05) is 0 Å². The minimum Gasteiger partial charge on any atom is -0.399 e. The molecule has 0 heterocycles. The monoisotopic (exact) mass is 286 g/mol. The average molecular weight is 287 g/mol. The van der Waals surface area contributed by atoms with E-state index in [1.54, 1.807) is 12.1 Å². The molecule has 1 aliphatic carbocycles. The number of halogens is 2. The van der Waals surface area contributed by atoms with Gasteiger partial charge in [-0.05, 0) is 25.0 Å². The highest BCUT2D eigenvalue weighted by Gasteiger charge is 2.21. The summed E-state index contributed by atoms with van der Waals surface area (Å²) in [5.41, 5.74) is 7.27. The van der Waals surface area contributed by atoms with Crippen molar-refractivity contribution in [2.75, 3.05) is 17.7 Å². The molecule has 1 aromatic rings. The van der Waals surface area contributed by atoms with Gasteiger partial charge in [-0.1, -0.05) is 48.9 Å². The molecular formula is C14H20Cl2N2. The molecule has 18 heavy (non-hydrogen) atoms. The Morgan fingerprint density at radius 3 is 2.06 bits per heavy atom. The Hall–Kier alpha value is -0.600. The minimum absolute atomic E-state index is 0.533. The number of nitrogens with two attached hydrogens (primary N) is 1. The number of hydrogen-bond donors (Lipinski definition) is 1. The van der Waals surface area contributed by atoms with Crippen molar-refractivity contribution < 1.29 is 0 Å². The SMILES string of the molecule is CN(c1c(Cl)cc(N)cc1Cl)C1CCCCCC1. The van der Waals surface area contributed by atoms with Gasteiger partial charge in [-0.15, -0.1) is 0 Å². The van der Waals surface area contributed by atoms with E-state index in [9.17, 15) is 0 Å². The van der Waals surface area contributed by atoms with Crippen LogP contribution in [-0.2, 0) is 0 Å². The second-order valence-corrected chi connectivity index (χ2v) is 5.90. The maximum absolute atomic E-state index is 6.28.